The molecule has 2 aliphatic rings. The summed E-state index contributed by atoms with van der Waals surface area (Å²) in [5, 5.41) is 7.48. The Balaban J connectivity index is 0.00000289. The Kier molecular flexibility index (Phi) is 10.1. The van der Waals surface area contributed by atoms with Crippen molar-refractivity contribution in [1.29, 1.82) is 0 Å². The summed E-state index contributed by atoms with van der Waals surface area (Å²) >= 11 is 0. The van der Waals surface area contributed by atoms with Crippen molar-refractivity contribution in [2.24, 2.45) is 4.99 Å². The number of hydrogen-bond acceptors (Lipinski definition) is 5. The molecular formula is C24H36IN5O2. The van der Waals surface area contributed by atoms with Gasteiger partial charge in [-0.15, -0.1) is 24.0 Å². The van der Waals surface area contributed by atoms with Gasteiger partial charge in [0.15, 0.2) is 5.96 Å². The summed E-state index contributed by atoms with van der Waals surface area (Å²) < 4.78 is 11.0. The minimum Gasteiger partial charge on any atom is -0.490 e. The van der Waals surface area contributed by atoms with Crippen LogP contribution in [0.1, 0.15) is 43.9 Å². The number of benzene rings is 1. The maximum Gasteiger partial charge on any atom is 0.194 e. The van der Waals surface area contributed by atoms with E-state index in [1.165, 1.54) is 31.2 Å². The van der Waals surface area contributed by atoms with E-state index in [1.54, 1.807) is 6.26 Å². The van der Waals surface area contributed by atoms with E-state index in [-0.39, 0.29) is 24.0 Å². The smallest absolute Gasteiger partial charge is 0.194 e. The second-order valence-corrected chi connectivity index (χ2v) is 8.41. The molecule has 0 atom stereocenters. The van der Waals surface area contributed by atoms with Crippen LogP contribution < -0.4 is 10.1 Å². The molecule has 32 heavy (non-hydrogen) atoms. The lowest BCUT2D eigenvalue weighted by molar-refractivity contribution is 0.169. The van der Waals surface area contributed by atoms with Crippen LogP contribution in [-0.4, -0.2) is 66.3 Å². The summed E-state index contributed by atoms with van der Waals surface area (Å²) in [6.07, 6.45) is 7.96. The van der Waals surface area contributed by atoms with Crippen LogP contribution in [0.3, 0.4) is 0 Å². The molecule has 176 valence electrons. The fourth-order valence-corrected chi connectivity index (χ4v) is 4.32. The number of piperazine rings is 1. The first-order valence-electron chi connectivity index (χ1n) is 11.7. The molecule has 1 saturated heterocycles. The van der Waals surface area contributed by atoms with Crippen LogP contribution in [0.2, 0.25) is 0 Å². The van der Waals surface area contributed by atoms with Crippen LogP contribution in [0.15, 0.2) is 46.1 Å². The molecule has 7 nitrogen and oxygen atoms in total. The van der Waals surface area contributed by atoms with Crippen LogP contribution in [0, 0.1) is 0 Å². The molecule has 1 aromatic heterocycles. The molecule has 2 aromatic rings. The zero-order valence-electron chi connectivity index (χ0n) is 19.0. The van der Waals surface area contributed by atoms with E-state index in [0.29, 0.717) is 6.10 Å². The molecule has 1 N–H and O–H groups in total. The molecule has 0 radical (unpaired) electrons. The molecule has 4 rings (SSSR count). The van der Waals surface area contributed by atoms with Gasteiger partial charge in [-0.2, -0.15) is 0 Å². The topological polar surface area (TPSA) is 66.1 Å². The van der Waals surface area contributed by atoms with E-state index in [0.717, 1.165) is 69.6 Å². The van der Waals surface area contributed by atoms with Crippen molar-refractivity contribution in [3.8, 4) is 5.75 Å². The number of halogens is 1. The summed E-state index contributed by atoms with van der Waals surface area (Å²) in [4.78, 5) is 9.67. The van der Waals surface area contributed by atoms with Gasteiger partial charge in [-0.05, 0) is 56.7 Å². The summed E-state index contributed by atoms with van der Waals surface area (Å²) in [5.41, 5.74) is 2.30. The molecule has 0 unspecified atom stereocenters. The van der Waals surface area contributed by atoms with Crippen molar-refractivity contribution in [3.05, 3.63) is 47.9 Å². The highest BCUT2D eigenvalue weighted by Gasteiger charge is 2.20. The number of aliphatic imine (C=N–C) groups is 1. The lowest BCUT2D eigenvalue weighted by atomic mass is 10.1. The third-order valence-corrected chi connectivity index (χ3v) is 6.07. The van der Waals surface area contributed by atoms with Crippen molar-refractivity contribution in [2.75, 3.05) is 39.3 Å². The van der Waals surface area contributed by atoms with Gasteiger partial charge in [0.05, 0.1) is 11.8 Å². The molecular weight excluding hydrogens is 517 g/mol. The number of aromatic nitrogens is 1. The van der Waals surface area contributed by atoms with Gasteiger partial charge in [0.25, 0.3) is 0 Å². The van der Waals surface area contributed by atoms with Crippen molar-refractivity contribution in [3.63, 3.8) is 0 Å². The first kappa shape index (κ1) is 24.8. The van der Waals surface area contributed by atoms with E-state index in [4.69, 9.17) is 14.3 Å². The Labute approximate surface area is 208 Å². The number of nitrogens with one attached hydrogen (secondary N) is 1. The van der Waals surface area contributed by atoms with Crippen molar-refractivity contribution in [1.82, 2.24) is 20.3 Å². The van der Waals surface area contributed by atoms with Gasteiger partial charge in [-0.25, -0.2) is 0 Å². The monoisotopic (exact) mass is 553 g/mol. The number of nitrogens with zero attached hydrogens (tertiary/aromatic N) is 4. The quantitative estimate of drug-likeness (QED) is 0.304. The van der Waals surface area contributed by atoms with E-state index in [9.17, 15) is 0 Å². The highest BCUT2D eigenvalue weighted by Crippen LogP contribution is 2.24. The Morgan fingerprint density at radius 3 is 2.53 bits per heavy atom. The molecule has 1 saturated carbocycles. The third-order valence-electron chi connectivity index (χ3n) is 6.07. The summed E-state index contributed by atoms with van der Waals surface area (Å²) in [6, 6.07) is 10.5. The fourth-order valence-electron chi connectivity index (χ4n) is 4.32. The molecule has 1 aliphatic heterocycles. The minimum absolute atomic E-state index is 0. The van der Waals surface area contributed by atoms with Crippen molar-refractivity contribution >= 4 is 29.9 Å². The summed E-state index contributed by atoms with van der Waals surface area (Å²) in [6.45, 7) is 8.57. The van der Waals surface area contributed by atoms with Gasteiger partial charge < -0.3 is 19.5 Å². The first-order chi connectivity index (χ1) is 15.3. The number of ether oxygens (including phenoxy) is 1. The summed E-state index contributed by atoms with van der Waals surface area (Å²) in [7, 11) is 0. The predicted octanol–water partition coefficient (Wildman–Crippen LogP) is 3.94. The SMILES string of the molecule is CCNC(=NCCc1ccc(OC2CCCC2)cc1)N1CCN(Cc2ccon2)CC1.I. The molecule has 8 heteroatoms. The maximum atomic E-state index is 6.07. The number of rotatable bonds is 8. The Hall–Kier alpha value is -1.81. The predicted molar refractivity (Wildman–Crippen MR) is 138 cm³/mol. The lowest BCUT2D eigenvalue weighted by Crippen LogP contribution is -2.52. The van der Waals surface area contributed by atoms with E-state index in [2.05, 4.69) is 51.5 Å². The Bertz CT molecular complexity index is 798. The average Bonchev–Trinajstić information content (AvgIpc) is 3.49. The van der Waals surface area contributed by atoms with Crippen LogP contribution in [0.25, 0.3) is 0 Å². The average molecular weight is 553 g/mol. The molecule has 1 aliphatic carbocycles. The van der Waals surface area contributed by atoms with Gasteiger partial charge in [0.1, 0.15) is 12.0 Å². The minimum atomic E-state index is 0. The van der Waals surface area contributed by atoms with Gasteiger partial charge in [0, 0.05) is 51.9 Å². The highest BCUT2D eigenvalue weighted by molar-refractivity contribution is 14.0. The standard InChI is InChI=1S/C24H35N5O2.HI/c1-2-25-24(29-16-14-28(15-17-29)19-21-12-18-30-27-21)26-13-11-20-7-9-23(10-8-20)31-22-5-3-4-6-22;/h7-10,12,18,22H,2-6,11,13-17,19H2,1H3,(H,25,26);1H. The first-order valence-corrected chi connectivity index (χ1v) is 11.7. The van der Waals surface area contributed by atoms with Gasteiger partial charge in [-0.1, -0.05) is 17.3 Å². The number of hydrogen-bond donors (Lipinski definition) is 1. The maximum absolute atomic E-state index is 6.07. The van der Waals surface area contributed by atoms with Gasteiger partial charge >= 0.3 is 0 Å². The van der Waals surface area contributed by atoms with Crippen LogP contribution in [0.5, 0.6) is 5.75 Å². The zero-order chi connectivity index (χ0) is 21.3. The van der Waals surface area contributed by atoms with Crippen molar-refractivity contribution in [2.45, 2.75) is 51.7 Å². The van der Waals surface area contributed by atoms with Gasteiger partial charge in [-0.3, -0.25) is 9.89 Å². The van der Waals surface area contributed by atoms with E-state index < -0.39 is 0 Å². The fraction of sp³-hybridized carbons (Fsp3) is 0.583. The number of guanidine groups is 1. The van der Waals surface area contributed by atoms with E-state index >= 15 is 0 Å². The molecule has 0 amide bonds. The van der Waals surface area contributed by atoms with Crippen LogP contribution in [0.4, 0.5) is 0 Å². The zero-order valence-corrected chi connectivity index (χ0v) is 21.4. The molecule has 2 fully saturated rings. The van der Waals surface area contributed by atoms with Crippen LogP contribution >= 0.6 is 24.0 Å². The lowest BCUT2D eigenvalue weighted by Gasteiger charge is -2.36. The molecule has 2 heterocycles. The second kappa shape index (κ2) is 13.0. The van der Waals surface area contributed by atoms with Crippen LogP contribution in [-0.2, 0) is 13.0 Å². The second-order valence-electron chi connectivity index (χ2n) is 8.41. The normalized spacial score (nSPS) is 17.9. The van der Waals surface area contributed by atoms with Crippen molar-refractivity contribution < 1.29 is 9.26 Å². The Morgan fingerprint density at radius 2 is 1.88 bits per heavy atom. The third kappa shape index (κ3) is 7.37. The molecule has 0 spiro atoms. The molecule has 0 bridgehead atoms. The van der Waals surface area contributed by atoms with Gasteiger partial charge in [0.2, 0.25) is 0 Å². The largest absolute Gasteiger partial charge is 0.490 e. The Morgan fingerprint density at radius 1 is 1.12 bits per heavy atom. The summed E-state index contributed by atoms with van der Waals surface area (Å²) in [5.74, 6) is 2.01. The highest BCUT2D eigenvalue weighted by atomic mass is 127. The van der Waals surface area contributed by atoms with E-state index in [1.807, 2.05) is 6.07 Å². The molecule has 1 aromatic carbocycles.